The number of amides is 1. The number of ether oxygens (including phenoxy) is 1. The Kier molecular flexibility index (Phi) is 6.37. The summed E-state index contributed by atoms with van der Waals surface area (Å²) in [6.45, 7) is 4.05. The summed E-state index contributed by atoms with van der Waals surface area (Å²) in [6, 6.07) is 11.2. The van der Waals surface area contributed by atoms with Crippen molar-refractivity contribution in [3.63, 3.8) is 0 Å². The smallest absolute Gasteiger partial charge is 0.239 e. The third kappa shape index (κ3) is 5.56. The van der Waals surface area contributed by atoms with Gasteiger partial charge in [-0.25, -0.2) is 12.8 Å². The molecule has 0 spiro atoms. The Morgan fingerprint density at radius 1 is 1.19 bits per heavy atom. The molecule has 0 aliphatic rings. The summed E-state index contributed by atoms with van der Waals surface area (Å²) in [6.07, 6.45) is 0. The van der Waals surface area contributed by atoms with E-state index >= 15 is 0 Å². The normalized spacial score (nSPS) is 11.4. The van der Waals surface area contributed by atoms with Crippen molar-refractivity contribution in [1.29, 1.82) is 0 Å². The number of hydrogen-bond acceptors (Lipinski definition) is 4. The minimum Gasteiger partial charge on any atom is -0.494 e. The molecule has 1 amide bonds. The minimum atomic E-state index is -3.74. The van der Waals surface area contributed by atoms with E-state index in [0.717, 1.165) is 11.6 Å². The molecule has 0 aliphatic carbocycles. The van der Waals surface area contributed by atoms with E-state index in [1.165, 1.54) is 19.2 Å². The molecule has 0 heterocycles. The van der Waals surface area contributed by atoms with Gasteiger partial charge in [0.2, 0.25) is 5.91 Å². The van der Waals surface area contributed by atoms with Gasteiger partial charge in [-0.15, -0.1) is 0 Å². The molecule has 140 valence electrons. The summed E-state index contributed by atoms with van der Waals surface area (Å²) < 4.78 is 42.9. The molecule has 0 bridgehead atoms. The highest BCUT2D eigenvalue weighted by molar-refractivity contribution is 7.91. The number of nitrogens with one attached hydrogen (secondary N) is 1. The molecule has 0 atom stereocenters. The highest BCUT2D eigenvalue weighted by Crippen LogP contribution is 2.20. The third-order valence-corrected chi connectivity index (χ3v) is 5.27. The summed E-state index contributed by atoms with van der Waals surface area (Å²) in [5, 5.41) is 2.60. The van der Waals surface area contributed by atoms with Crippen LogP contribution in [0.1, 0.15) is 30.9 Å². The maximum atomic E-state index is 13.7. The Hall–Kier alpha value is -2.41. The molecule has 0 fully saturated rings. The number of carbonyl (C=O) groups excluding carboxylic acids is 1. The van der Waals surface area contributed by atoms with Gasteiger partial charge in [0.05, 0.1) is 12.9 Å². The standard InChI is InChI=1S/C19H22FNO4S/c1-13(2)15-5-4-6-16(10-15)21-19(22)12-26(23,24)11-14-7-8-18(25-3)17(20)9-14/h4-10,13H,11-12H2,1-3H3,(H,21,22). The Bertz CT molecular complexity index is 894. The second-order valence-corrected chi connectivity index (χ2v) is 8.39. The summed E-state index contributed by atoms with van der Waals surface area (Å²) in [4.78, 5) is 12.1. The van der Waals surface area contributed by atoms with Crippen molar-refractivity contribution in [1.82, 2.24) is 0 Å². The maximum absolute atomic E-state index is 13.7. The summed E-state index contributed by atoms with van der Waals surface area (Å²) in [7, 11) is -2.41. The minimum absolute atomic E-state index is 0.0360. The number of hydrogen-bond donors (Lipinski definition) is 1. The van der Waals surface area contributed by atoms with Crippen LogP contribution in [0.4, 0.5) is 10.1 Å². The molecule has 7 heteroatoms. The van der Waals surface area contributed by atoms with Crippen molar-refractivity contribution < 1.29 is 22.3 Å². The Labute approximate surface area is 153 Å². The van der Waals surface area contributed by atoms with Gasteiger partial charge in [-0.05, 0) is 41.3 Å². The number of rotatable bonds is 7. The Morgan fingerprint density at radius 2 is 1.92 bits per heavy atom. The first kappa shape index (κ1) is 19.9. The molecule has 2 aromatic carbocycles. The van der Waals surface area contributed by atoms with Gasteiger partial charge in [-0.3, -0.25) is 4.79 Å². The first-order valence-electron chi connectivity index (χ1n) is 8.13. The van der Waals surface area contributed by atoms with E-state index < -0.39 is 33.1 Å². The van der Waals surface area contributed by atoms with Crippen LogP contribution in [0.5, 0.6) is 5.75 Å². The van der Waals surface area contributed by atoms with Crippen LogP contribution < -0.4 is 10.1 Å². The SMILES string of the molecule is COc1ccc(CS(=O)(=O)CC(=O)Nc2cccc(C(C)C)c2)cc1F. The third-order valence-electron chi connectivity index (χ3n) is 3.79. The first-order valence-corrected chi connectivity index (χ1v) is 9.95. The van der Waals surface area contributed by atoms with Crippen molar-refractivity contribution in [2.45, 2.75) is 25.5 Å². The lowest BCUT2D eigenvalue weighted by molar-refractivity contribution is -0.113. The van der Waals surface area contributed by atoms with Gasteiger partial charge in [0.1, 0.15) is 5.75 Å². The van der Waals surface area contributed by atoms with Crippen LogP contribution in [-0.4, -0.2) is 27.2 Å². The van der Waals surface area contributed by atoms with Gasteiger partial charge >= 0.3 is 0 Å². The molecule has 0 saturated heterocycles. The first-order chi connectivity index (χ1) is 12.2. The van der Waals surface area contributed by atoms with Gasteiger partial charge in [-0.1, -0.05) is 32.0 Å². The fraction of sp³-hybridized carbons (Fsp3) is 0.316. The predicted octanol–water partition coefficient (Wildman–Crippen LogP) is 3.51. The van der Waals surface area contributed by atoms with Crippen LogP contribution in [0.2, 0.25) is 0 Å². The molecule has 0 unspecified atom stereocenters. The number of carbonyl (C=O) groups is 1. The Morgan fingerprint density at radius 3 is 2.54 bits per heavy atom. The van der Waals surface area contributed by atoms with Gasteiger partial charge in [0.15, 0.2) is 21.4 Å². The van der Waals surface area contributed by atoms with E-state index in [-0.39, 0.29) is 11.3 Å². The van der Waals surface area contributed by atoms with Gasteiger partial charge in [0.25, 0.3) is 0 Å². The van der Waals surface area contributed by atoms with E-state index in [0.29, 0.717) is 11.6 Å². The average Bonchev–Trinajstić information content (AvgIpc) is 2.54. The second kappa shape index (κ2) is 8.31. The second-order valence-electron chi connectivity index (χ2n) is 6.33. The Balaban J connectivity index is 2.03. The molecule has 2 aromatic rings. The monoisotopic (exact) mass is 379 g/mol. The number of anilines is 1. The molecule has 0 saturated carbocycles. The summed E-state index contributed by atoms with van der Waals surface area (Å²) in [5.74, 6) is -2.04. The number of benzene rings is 2. The number of sulfone groups is 1. The molecular formula is C19H22FNO4S. The van der Waals surface area contributed by atoms with Crippen LogP contribution in [-0.2, 0) is 20.4 Å². The fourth-order valence-corrected chi connectivity index (χ4v) is 3.74. The zero-order chi connectivity index (χ0) is 19.3. The van der Waals surface area contributed by atoms with Crippen molar-refractivity contribution in [3.05, 3.63) is 59.4 Å². The predicted molar refractivity (Wildman–Crippen MR) is 99.6 cm³/mol. The van der Waals surface area contributed by atoms with E-state index in [1.807, 2.05) is 26.0 Å². The summed E-state index contributed by atoms with van der Waals surface area (Å²) >= 11 is 0. The van der Waals surface area contributed by atoms with Gasteiger partial charge in [0, 0.05) is 5.69 Å². The van der Waals surface area contributed by atoms with Crippen LogP contribution in [0.25, 0.3) is 0 Å². The van der Waals surface area contributed by atoms with E-state index in [1.54, 1.807) is 12.1 Å². The van der Waals surface area contributed by atoms with Gasteiger partial charge in [-0.2, -0.15) is 0 Å². The summed E-state index contributed by atoms with van der Waals surface area (Å²) in [5.41, 5.74) is 1.85. The van der Waals surface area contributed by atoms with Crippen LogP contribution in [0.15, 0.2) is 42.5 Å². The highest BCUT2D eigenvalue weighted by Gasteiger charge is 2.19. The largest absolute Gasteiger partial charge is 0.494 e. The molecular weight excluding hydrogens is 357 g/mol. The zero-order valence-corrected chi connectivity index (χ0v) is 15.8. The van der Waals surface area contributed by atoms with Crippen molar-refractivity contribution in [2.75, 3.05) is 18.2 Å². The molecule has 0 radical (unpaired) electrons. The van der Waals surface area contributed by atoms with E-state index in [4.69, 9.17) is 4.74 Å². The molecule has 5 nitrogen and oxygen atoms in total. The highest BCUT2D eigenvalue weighted by atomic mass is 32.2. The van der Waals surface area contributed by atoms with Crippen LogP contribution in [0.3, 0.4) is 0 Å². The lowest BCUT2D eigenvalue weighted by Crippen LogP contribution is -2.24. The van der Waals surface area contributed by atoms with Crippen molar-refractivity contribution in [2.24, 2.45) is 0 Å². The lowest BCUT2D eigenvalue weighted by atomic mass is 10.0. The quantitative estimate of drug-likeness (QED) is 0.799. The van der Waals surface area contributed by atoms with E-state index in [2.05, 4.69) is 5.32 Å². The number of methoxy groups -OCH3 is 1. The molecule has 1 N–H and O–H groups in total. The average molecular weight is 379 g/mol. The van der Waals surface area contributed by atoms with Crippen molar-refractivity contribution in [3.8, 4) is 5.75 Å². The molecule has 26 heavy (non-hydrogen) atoms. The molecule has 0 aromatic heterocycles. The van der Waals surface area contributed by atoms with Crippen LogP contribution >= 0.6 is 0 Å². The van der Waals surface area contributed by atoms with Gasteiger partial charge < -0.3 is 10.1 Å². The molecule has 2 rings (SSSR count). The fourth-order valence-electron chi connectivity index (χ4n) is 2.48. The van der Waals surface area contributed by atoms with Crippen molar-refractivity contribution >= 4 is 21.4 Å². The van der Waals surface area contributed by atoms with Crippen LogP contribution in [0, 0.1) is 5.82 Å². The maximum Gasteiger partial charge on any atom is 0.239 e. The lowest BCUT2D eigenvalue weighted by Gasteiger charge is -2.10. The number of halogens is 1. The molecule has 0 aliphatic heterocycles. The van der Waals surface area contributed by atoms with E-state index in [9.17, 15) is 17.6 Å². The topological polar surface area (TPSA) is 72.5 Å². The zero-order valence-electron chi connectivity index (χ0n) is 15.0.